The first-order chi connectivity index (χ1) is 10.7. The summed E-state index contributed by atoms with van der Waals surface area (Å²) in [6, 6.07) is 13.3. The molecule has 0 bridgehead atoms. The van der Waals surface area contributed by atoms with Gasteiger partial charge in [-0.05, 0) is 30.0 Å². The Labute approximate surface area is 136 Å². The van der Waals surface area contributed by atoms with E-state index in [4.69, 9.17) is 10.5 Å². The molecule has 1 aromatic carbocycles. The second kappa shape index (κ2) is 6.23. The van der Waals surface area contributed by atoms with E-state index in [1.807, 2.05) is 23.6 Å². The third-order valence-corrected chi connectivity index (χ3v) is 5.71. The number of carbonyl (C=O) groups is 1. The van der Waals surface area contributed by atoms with Crippen LogP contribution in [0.15, 0.2) is 40.6 Å². The molecule has 1 fully saturated rings. The summed E-state index contributed by atoms with van der Waals surface area (Å²) in [7, 11) is 0. The second-order valence-electron chi connectivity index (χ2n) is 4.74. The lowest BCUT2D eigenvalue weighted by Gasteiger charge is -2.15. The highest BCUT2D eigenvalue weighted by molar-refractivity contribution is 8.00. The van der Waals surface area contributed by atoms with Crippen molar-refractivity contribution in [3.05, 3.63) is 46.8 Å². The molecule has 1 aromatic heterocycles. The van der Waals surface area contributed by atoms with E-state index < -0.39 is 0 Å². The predicted octanol–water partition coefficient (Wildman–Crippen LogP) is 3.39. The standard InChI is InChI=1S/C16H11N3OS2/c17-9-11-3-1-2-4-13(11)22-14-5-7-19(15(14)20)16-12(10-18)6-8-21-16/h1-4,6,8,14H,5,7H2. The van der Waals surface area contributed by atoms with Gasteiger partial charge >= 0.3 is 0 Å². The molecule has 1 unspecified atom stereocenters. The van der Waals surface area contributed by atoms with Gasteiger partial charge in [-0.15, -0.1) is 23.1 Å². The minimum absolute atomic E-state index is 0.0108. The molecule has 0 radical (unpaired) electrons. The average molecular weight is 325 g/mol. The molecule has 1 saturated heterocycles. The molecule has 1 aliphatic rings. The van der Waals surface area contributed by atoms with E-state index in [1.54, 1.807) is 17.0 Å². The van der Waals surface area contributed by atoms with Crippen molar-refractivity contribution in [3.63, 3.8) is 0 Å². The highest BCUT2D eigenvalue weighted by Gasteiger charge is 2.35. The number of amides is 1. The highest BCUT2D eigenvalue weighted by Crippen LogP contribution is 2.37. The monoisotopic (exact) mass is 325 g/mol. The van der Waals surface area contributed by atoms with E-state index in [2.05, 4.69) is 12.1 Å². The van der Waals surface area contributed by atoms with E-state index in [9.17, 15) is 4.79 Å². The topological polar surface area (TPSA) is 67.9 Å². The van der Waals surface area contributed by atoms with E-state index in [1.165, 1.54) is 23.1 Å². The molecular formula is C16H11N3OS2. The van der Waals surface area contributed by atoms with E-state index >= 15 is 0 Å². The lowest BCUT2D eigenvalue weighted by atomic mass is 10.2. The van der Waals surface area contributed by atoms with Gasteiger partial charge in [0, 0.05) is 11.4 Å². The fourth-order valence-corrected chi connectivity index (χ4v) is 4.41. The van der Waals surface area contributed by atoms with Crippen LogP contribution in [0.3, 0.4) is 0 Å². The summed E-state index contributed by atoms with van der Waals surface area (Å²) in [5.74, 6) is 0.0108. The van der Waals surface area contributed by atoms with Crippen molar-refractivity contribution >= 4 is 34.0 Å². The Kier molecular flexibility index (Phi) is 4.15. The van der Waals surface area contributed by atoms with E-state index in [0.29, 0.717) is 24.1 Å². The Morgan fingerprint density at radius 1 is 1.18 bits per heavy atom. The van der Waals surface area contributed by atoms with Crippen molar-refractivity contribution in [1.29, 1.82) is 10.5 Å². The number of nitriles is 2. The fraction of sp³-hybridized carbons (Fsp3) is 0.188. The largest absolute Gasteiger partial charge is 0.302 e. The first-order valence-corrected chi connectivity index (χ1v) is 8.45. The summed E-state index contributed by atoms with van der Waals surface area (Å²) < 4.78 is 0. The Bertz CT molecular complexity index is 800. The molecule has 1 amide bonds. The predicted molar refractivity (Wildman–Crippen MR) is 86.8 cm³/mol. The summed E-state index contributed by atoms with van der Waals surface area (Å²) in [5, 5.41) is 20.6. The molecule has 108 valence electrons. The van der Waals surface area contributed by atoms with Crippen LogP contribution < -0.4 is 4.90 Å². The van der Waals surface area contributed by atoms with Crippen LogP contribution in [0.2, 0.25) is 0 Å². The van der Waals surface area contributed by atoms with Gasteiger partial charge in [0.05, 0.1) is 16.4 Å². The Morgan fingerprint density at radius 2 is 1.95 bits per heavy atom. The maximum absolute atomic E-state index is 12.6. The average Bonchev–Trinajstić information content (AvgIpc) is 3.15. The zero-order valence-corrected chi connectivity index (χ0v) is 13.2. The van der Waals surface area contributed by atoms with Crippen LogP contribution in [0, 0.1) is 22.7 Å². The van der Waals surface area contributed by atoms with Gasteiger partial charge in [0.2, 0.25) is 5.91 Å². The molecule has 22 heavy (non-hydrogen) atoms. The van der Waals surface area contributed by atoms with Crippen molar-refractivity contribution in [2.45, 2.75) is 16.6 Å². The van der Waals surface area contributed by atoms with Gasteiger partial charge < -0.3 is 4.90 Å². The van der Waals surface area contributed by atoms with Crippen LogP contribution in [0.25, 0.3) is 0 Å². The van der Waals surface area contributed by atoms with Gasteiger partial charge in [-0.25, -0.2) is 0 Å². The third-order valence-electron chi connectivity index (χ3n) is 3.44. The van der Waals surface area contributed by atoms with Gasteiger partial charge in [0.15, 0.2) is 0 Å². The summed E-state index contributed by atoms with van der Waals surface area (Å²) in [5.41, 5.74) is 1.13. The van der Waals surface area contributed by atoms with Crippen molar-refractivity contribution < 1.29 is 4.79 Å². The van der Waals surface area contributed by atoms with Crippen LogP contribution in [0.1, 0.15) is 17.5 Å². The zero-order chi connectivity index (χ0) is 15.5. The van der Waals surface area contributed by atoms with Gasteiger partial charge in [-0.1, -0.05) is 12.1 Å². The van der Waals surface area contributed by atoms with Gasteiger partial charge in [0.25, 0.3) is 0 Å². The van der Waals surface area contributed by atoms with Crippen molar-refractivity contribution in [1.82, 2.24) is 0 Å². The lowest BCUT2D eigenvalue weighted by Crippen LogP contribution is -2.27. The molecule has 0 saturated carbocycles. The number of thioether (sulfide) groups is 1. The zero-order valence-electron chi connectivity index (χ0n) is 11.5. The van der Waals surface area contributed by atoms with Crippen LogP contribution in [-0.4, -0.2) is 17.7 Å². The lowest BCUT2D eigenvalue weighted by molar-refractivity contribution is -0.116. The molecule has 2 heterocycles. The summed E-state index contributed by atoms with van der Waals surface area (Å²) in [4.78, 5) is 15.1. The first kappa shape index (κ1) is 14.6. The Balaban J connectivity index is 1.80. The Hall–Kier alpha value is -2.28. The smallest absolute Gasteiger partial charge is 0.241 e. The van der Waals surface area contributed by atoms with Crippen LogP contribution >= 0.6 is 23.1 Å². The van der Waals surface area contributed by atoms with Crippen molar-refractivity contribution in [2.75, 3.05) is 11.4 Å². The second-order valence-corrected chi connectivity index (χ2v) is 6.88. The molecule has 0 spiro atoms. The maximum Gasteiger partial charge on any atom is 0.241 e. The first-order valence-electron chi connectivity index (χ1n) is 6.69. The van der Waals surface area contributed by atoms with Crippen LogP contribution in [-0.2, 0) is 4.79 Å². The minimum Gasteiger partial charge on any atom is -0.302 e. The van der Waals surface area contributed by atoms with Crippen molar-refractivity contribution in [2.24, 2.45) is 0 Å². The van der Waals surface area contributed by atoms with Gasteiger partial charge in [-0.2, -0.15) is 10.5 Å². The summed E-state index contributed by atoms with van der Waals surface area (Å²) >= 11 is 2.85. The summed E-state index contributed by atoms with van der Waals surface area (Å²) in [6.45, 7) is 0.612. The molecule has 0 N–H and O–H groups in total. The number of benzene rings is 1. The molecule has 0 aliphatic carbocycles. The molecule has 4 nitrogen and oxygen atoms in total. The number of nitrogens with zero attached hydrogens (tertiary/aromatic N) is 3. The molecule has 3 rings (SSSR count). The molecule has 6 heteroatoms. The quantitative estimate of drug-likeness (QED) is 0.867. The van der Waals surface area contributed by atoms with E-state index in [-0.39, 0.29) is 11.2 Å². The van der Waals surface area contributed by atoms with Gasteiger partial charge in [0.1, 0.15) is 17.1 Å². The molecule has 1 atom stereocenters. The van der Waals surface area contributed by atoms with Crippen molar-refractivity contribution in [3.8, 4) is 12.1 Å². The third kappa shape index (κ3) is 2.59. The number of rotatable bonds is 3. The van der Waals surface area contributed by atoms with E-state index in [0.717, 1.165) is 9.90 Å². The molecule has 2 aromatic rings. The number of hydrogen-bond donors (Lipinski definition) is 0. The number of carbonyl (C=O) groups excluding carboxylic acids is 1. The normalized spacial score (nSPS) is 17.3. The summed E-state index contributed by atoms with van der Waals surface area (Å²) in [6.07, 6.45) is 0.714. The molecular weight excluding hydrogens is 314 g/mol. The van der Waals surface area contributed by atoms with Gasteiger partial charge in [-0.3, -0.25) is 4.79 Å². The van der Waals surface area contributed by atoms with Crippen LogP contribution in [0.5, 0.6) is 0 Å². The fourth-order valence-electron chi connectivity index (χ4n) is 2.38. The number of hydrogen-bond acceptors (Lipinski definition) is 5. The maximum atomic E-state index is 12.6. The Morgan fingerprint density at radius 3 is 2.73 bits per heavy atom. The minimum atomic E-state index is -0.205. The molecule has 1 aliphatic heterocycles. The highest BCUT2D eigenvalue weighted by atomic mass is 32.2. The number of thiophene rings is 1. The SMILES string of the molecule is N#Cc1ccccc1SC1CCN(c2sccc2C#N)C1=O. The van der Waals surface area contributed by atoms with Crippen LogP contribution in [0.4, 0.5) is 5.00 Å². The number of anilines is 1.